The van der Waals surface area contributed by atoms with Gasteiger partial charge < -0.3 is 34.0 Å². The zero-order valence-electron chi connectivity index (χ0n) is 16.5. The molecule has 0 aromatic heterocycles. The Morgan fingerprint density at radius 2 is 1.79 bits per heavy atom. The Hall–Kier alpha value is -1.19. The first-order valence-corrected chi connectivity index (χ1v) is 10.7. The summed E-state index contributed by atoms with van der Waals surface area (Å²) in [6.45, 7) is 6.38. The van der Waals surface area contributed by atoms with Crippen LogP contribution in [-0.2, 0) is 9.84 Å². The summed E-state index contributed by atoms with van der Waals surface area (Å²) in [5.41, 5.74) is 1.24. The van der Waals surface area contributed by atoms with E-state index in [0.29, 0.717) is 5.56 Å². The quantitative estimate of drug-likeness (QED) is 0.478. The molecule has 0 fully saturated rings. The number of hydrogen-bond donors (Lipinski definition) is 1. The van der Waals surface area contributed by atoms with Crippen LogP contribution < -0.4 is 28.9 Å². The molecule has 1 aliphatic rings. The van der Waals surface area contributed by atoms with Gasteiger partial charge in [-0.05, 0) is 48.4 Å². The van der Waals surface area contributed by atoms with E-state index >= 15 is 0 Å². The van der Waals surface area contributed by atoms with Crippen LogP contribution in [0.5, 0.6) is 0 Å². The maximum atomic E-state index is 14.0. The summed E-state index contributed by atoms with van der Waals surface area (Å²) in [6, 6.07) is 11.4. The molecule has 3 rings (SSSR count). The van der Waals surface area contributed by atoms with E-state index in [1.165, 1.54) is 12.1 Å². The molecule has 0 spiro atoms. The van der Waals surface area contributed by atoms with E-state index in [2.05, 4.69) is 11.8 Å². The number of sulfone groups is 1. The van der Waals surface area contributed by atoms with Crippen LogP contribution in [0, 0.1) is 11.2 Å². The van der Waals surface area contributed by atoms with Crippen LogP contribution >= 0.6 is 0 Å². The van der Waals surface area contributed by atoms with E-state index in [1.54, 1.807) is 13.8 Å². The van der Waals surface area contributed by atoms with Crippen LogP contribution in [0.25, 0.3) is 0 Å². The lowest BCUT2D eigenvalue weighted by Gasteiger charge is -2.33. The third-order valence-corrected chi connectivity index (χ3v) is 7.65. The van der Waals surface area contributed by atoms with Crippen LogP contribution in [0.4, 0.5) is 10.1 Å². The second-order valence-corrected chi connectivity index (χ2v) is 9.92. The van der Waals surface area contributed by atoms with Gasteiger partial charge in [-0.25, -0.2) is 12.8 Å². The molecule has 0 saturated carbocycles. The normalized spacial score (nSPS) is 22.5. The molecule has 0 amide bonds. The van der Waals surface area contributed by atoms with Crippen molar-refractivity contribution < 1.29 is 41.9 Å². The molecule has 0 bridgehead atoms. The molecule has 28 heavy (non-hydrogen) atoms. The van der Waals surface area contributed by atoms with E-state index in [9.17, 15) is 17.9 Å². The van der Waals surface area contributed by atoms with Crippen molar-refractivity contribution in [3.8, 4) is 0 Å². The molecule has 1 N–H and O–H groups in total. The second-order valence-electron chi connectivity index (χ2n) is 7.96. The van der Waals surface area contributed by atoms with Gasteiger partial charge >= 0.3 is 0 Å². The van der Waals surface area contributed by atoms with Crippen LogP contribution in [0.1, 0.15) is 37.8 Å². The number of rotatable bonds is 3. The average molecular weight is 518 g/mol. The highest BCUT2D eigenvalue weighted by atomic mass is 127. The average Bonchev–Trinajstić information content (AvgIpc) is 2.65. The van der Waals surface area contributed by atoms with Crippen LogP contribution in [0.3, 0.4) is 0 Å². The van der Waals surface area contributed by atoms with Crippen molar-refractivity contribution in [2.24, 2.45) is 5.41 Å². The van der Waals surface area contributed by atoms with Gasteiger partial charge in [0, 0.05) is 30.6 Å². The lowest BCUT2D eigenvalue weighted by Crippen LogP contribution is -3.00. The number of aliphatic hydroxyl groups is 1. The molecule has 0 radical (unpaired) electrons. The predicted molar refractivity (Wildman–Crippen MR) is 105 cm³/mol. The van der Waals surface area contributed by atoms with Gasteiger partial charge in [-0.2, -0.15) is 0 Å². The largest absolute Gasteiger partial charge is 1.00 e. The Bertz CT molecular complexity index is 945. The lowest BCUT2D eigenvalue weighted by atomic mass is 9.75. The third-order valence-electron chi connectivity index (χ3n) is 5.49. The number of nitrogens with zero attached hydrogens (tertiary/aromatic N) is 1. The second kappa shape index (κ2) is 8.28. The highest BCUT2D eigenvalue weighted by Crippen LogP contribution is 2.44. The lowest BCUT2D eigenvalue weighted by molar-refractivity contribution is -0.0000104. The molecule has 2 atom stereocenters. The molecule has 0 aliphatic carbocycles. The van der Waals surface area contributed by atoms with E-state index in [0.717, 1.165) is 23.9 Å². The molecular weight excluding hydrogens is 492 g/mol. The molecule has 4 nitrogen and oxygen atoms in total. The van der Waals surface area contributed by atoms with Gasteiger partial charge in [0.2, 0.25) is 0 Å². The van der Waals surface area contributed by atoms with E-state index < -0.39 is 33.1 Å². The van der Waals surface area contributed by atoms with Crippen molar-refractivity contribution in [3.05, 3.63) is 59.4 Å². The molecule has 7 heteroatoms. The van der Waals surface area contributed by atoms with E-state index in [-0.39, 0.29) is 34.6 Å². The minimum Gasteiger partial charge on any atom is -1.00 e. The summed E-state index contributed by atoms with van der Waals surface area (Å²) >= 11 is 0. The summed E-state index contributed by atoms with van der Waals surface area (Å²) in [6.07, 6.45) is -0.968. The summed E-state index contributed by atoms with van der Waals surface area (Å²) in [5.74, 6) is -1.32. The van der Waals surface area contributed by atoms with Crippen molar-refractivity contribution >= 4 is 15.5 Å². The number of hydrogen-bond acceptors (Lipinski definition) is 4. The Kier molecular flexibility index (Phi) is 6.83. The Labute approximate surface area is 183 Å². The van der Waals surface area contributed by atoms with Gasteiger partial charge in [0.05, 0.1) is 16.8 Å². The molecule has 1 heterocycles. The fourth-order valence-corrected chi connectivity index (χ4v) is 5.93. The maximum absolute atomic E-state index is 14.0. The first-order valence-electron chi connectivity index (χ1n) is 9.08. The van der Waals surface area contributed by atoms with Crippen LogP contribution in [0.15, 0.2) is 47.4 Å². The minimum absolute atomic E-state index is 0. The standard InChI is InChI=1S/C21H26FNO3S.HI/c1-5-23(4)16-9-6-14(7-10-16)19-17-12-15(22)8-11-18(17)27(25,26)13-21(2,3)20(19)24;/h6-12,19-20,24H,5,13H2,1-4H3;1H/p-1/t19-,20-;/m1./s1. The maximum Gasteiger partial charge on any atom is 0.179 e. The highest BCUT2D eigenvalue weighted by molar-refractivity contribution is 7.91. The van der Waals surface area contributed by atoms with E-state index in [1.807, 2.05) is 31.3 Å². The number of aliphatic hydroxyl groups excluding tert-OH is 1. The monoisotopic (exact) mass is 518 g/mol. The topological polar surface area (TPSA) is 57.6 Å². The molecular formula is C21H26FINO3S-. The zero-order chi connectivity index (χ0) is 20.0. The van der Waals surface area contributed by atoms with Gasteiger partial charge in [0.25, 0.3) is 0 Å². The molecule has 2 aromatic carbocycles. The number of halogens is 2. The fraction of sp³-hybridized carbons (Fsp3) is 0.429. The summed E-state index contributed by atoms with van der Waals surface area (Å²) in [4.78, 5) is 2.18. The number of anilines is 1. The summed E-state index contributed by atoms with van der Waals surface area (Å²) in [5, 5.41) is 11.1. The van der Waals surface area contributed by atoms with Gasteiger partial charge in [-0.3, -0.25) is 0 Å². The molecule has 2 aromatic rings. The summed E-state index contributed by atoms with van der Waals surface area (Å²) < 4.78 is 39.8. The molecule has 154 valence electrons. The Morgan fingerprint density at radius 1 is 1.18 bits per heavy atom. The Balaban J connectivity index is 0.00000280. The molecule has 0 unspecified atom stereocenters. The highest BCUT2D eigenvalue weighted by Gasteiger charge is 2.45. The molecule has 1 aliphatic heterocycles. The van der Waals surface area contributed by atoms with Crippen molar-refractivity contribution in [3.63, 3.8) is 0 Å². The van der Waals surface area contributed by atoms with Crippen molar-refractivity contribution in [1.29, 1.82) is 0 Å². The first-order chi connectivity index (χ1) is 12.6. The van der Waals surface area contributed by atoms with Gasteiger partial charge in [-0.15, -0.1) is 0 Å². The smallest absolute Gasteiger partial charge is 0.179 e. The summed E-state index contributed by atoms with van der Waals surface area (Å²) in [7, 11) is -1.66. The predicted octanol–water partition coefficient (Wildman–Crippen LogP) is 0.592. The first kappa shape index (κ1) is 23.1. The van der Waals surface area contributed by atoms with Gasteiger partial charge in [0.1, 0.15) is 5.82 Å². The van der Waals surface area contributed by atoms with Crippen LogP contribution in [0.2, 0.25) is 0 Å². The fourth-order valence-electron chi connectivity index (χ4n) is 3.80. The van der Waals surface area contributed by atoms with Gasteiger partial charge in [-0.1, -0.05) is 26.0 Å². The Morgan fingerprint density at radius 3 is 2.36 bits per heavy atom. The van der Waals surface area contributed by atoms with Crippen molar-refractivity contribution in [2.45, 2.75) is 37.7 Å². The van der Waals surface area contributed by atoms with Crippen molar-refractivity contribution in [2.75, 3.05) is 24.2 Å². The molecule has 0 saturated heterocycles. The third kappa shape index (κ3) is 4.21. The SMILES string of the molecule is CCN(C)c1ccc([C@@H]2c3cc(F)ccc3S(=O)(=O)CC(C)(C)[C@@H]2O)cc1.[I-]. The van der Waals surface area contributed by atoms with E-state index in [4.69, 9.17) is 0 Å². The zero-order valence-corrected chi connectivity index (χ0v) is 19.5. The number of benzene rings is 2. The van der Waals surface area contributed by atoms with Crippen LogP contribution in [-0.4, -0.2) is 39.0 Å². The van der Waals surface area contributed by atoms with Crippen molar-refractivity contribution in [1.82, 2.24) is 0 Å². The number of fused-ring (bicyclic) bond motifs is 1. The minimum atomic E-state index is -3.64. The van der Waals surface area contributed by atoms with Gasteiger partial charge in [0.15, 0.2) is 9.84 Å².